The topological polar surface area (TPSA) is 40.6 Å². The number of nitrogens with zero attached hydrogens (tertiary/aromatic N) is 2. The Bertz CT molecular complexity index is 1180. The predicted molar refractivity (Wildman–Crippen MR) is 180 cm³/mol. The first-order valence-corrected chi connectivity index (χ1v) is 16.3. The molecule has 0 fully saturated rings. The van der Waals surface area contributed by atoms with Crippen molar-refractivity contribution in [2.75, 3.05) is 0 Å². The van der Waals surface area contributed by atoms with Gasteiger partial charge in [-0.25, -0.2) is 0 Å². The lowest BCUT2D eigenvalue weighted by Gasteiger charge is -2.32. The molecule has 4 nitrogen and oxygen atoms in total. The van der Waals surface area contributed by atoms with E-state index in [4.69, 9.17) is 0 Å². The second kappa shape index (κ2) is 17.8. The largest absolute Gasteiger partial charge is 0.334 e. The summed E-state index contributed by atoms with van der Waals surface area (Å²) in [6.45, 7) is 6.68. The Hall–Kier alpha value is -4.18. The van der Waals surface area contributed by atoms with Gasteiger partial charge in [0.25, 0.3) is 0 Å². The third kappa shape index (κ3) is 10.5. The molecule has 2 atom stereocenters. The molecule has 0 heterocycles. The Morgan fingerprint density at radius 2 is 0.705 bits per heavy atom. The Morgan fingerprint density at radius 1 is 0.455 bits per heavy atom. The monoisotopic (exact) mass is 588 g/mol. The molecule has 230 valence electrons. The van der Waals surface area contributed by atoms with Crippen LogP contribution in [0.3, 0.4) is 0 Å². The first kappa shape index (κ1) is 32.7. The highest BCUT2D eigenvalue weighted by Crippen LogP contribution is 2.31. The van der Waals surface area contributed by atoms with E-state index in [0.717, 1.165) is 47.9 Å². The van der Waals surface area contributed by atoms with E-state index in [9.17, 15) is 9.59 Å². The van der Waals surface area contributed by atoms with Crippen LogP contribution in [0.25, 0.3) is 0 Å². The molecule has 0 aromatic heterocycles. The van der Waals surface area contributed by atoms with Crippen LogP contribution < -0.4 is 0 Å². The Kier molecular flexibility index (Phi) is 13.3. The van der Waals surface area contributed by atoms with Gasteiger partial charge in [-0.3, -0.25) is 9.59 Å². The minimum atomic E-state index is 0.153. The van der Waals surface area contributed by atoms with Crippen molar-refractivity contribution in [2.24, 2.45) is 11.8 Å². The van der Waals surface area contributed by atoms with Crippen molar-refractivity contribution in [1.82, 2.24) is 9.80 Å². The van der Waals surface area contributed by atoms with Crippen LogP contribution in [0, 0.1) is 11.8 Å². The van der Waals surface area contributed by atoms with Gasteiger partial charge in [-0.05, 0) is 46.9 Å². The van der Waals surface area contributed by atoms with Gasteiger partial charge in [-0.15, -0.1) is 0 Å². The zero-order valence-corrected chi connectivity index (χ0v) is 26.5. The summed E-state index contributed by atoms with van der Waals surface area (Å²) in [5.74, 6) is 0.631. The Labute approximate surface area is 264 Å². The second-order valence-electron chi connectivity index (χ2n) is 11.9. The maximum atomic E-state index is 14.1. The fourth-order valence-electron chi connectivity index (χ4n) is 6.14. The van der Waals surface area contributed by atoms with Crippen LogP contribution in [0.1, 0.15) is 74.6 Å². The molecular weight excluding hydrogens is 540 g/mol. The highest BCUT2D eigenvalue weighted by atomic mass is 16.2. The van der Waals surface area contributed by atoms with Gasteiger partial charge in [-0.1, -0.05) is 148 Å². The summed E-state index contributed by atoms with van der Waals surface area (Å²) in [7, 11) is 0. The average Bonchev–Trinajstić information content (AvgIpc) is 3.05. The number of rotatable bonds is 17. The van der Waals surface area contributed by atoms with Gasteiger partial charge >= 0.3 is 0 Å². The van der Waals surface area contributed by atoms with Gasteiger partial charge in [0.15, 0.2) is 0 Å². The normalized spacial score (nSPS) is 12.3. The second-order valence-corrected chi connectivity index (χ2v) is 11.9. The van der Waals surface area contributed by atoms with Gasteiger partial charge in [0, 0.05) is 39.0 Å². The number of hydrogen-bond donors (Lipinski definition) is 0. The van der Waals surface area contributed by atoms with Crippen molar-refractivity contribution in [2.45, 2.75) is 78.6 Å². The minimum Gasteiger partial charge on any atom is -0.334 e. The maximum Gasteiger partial charge on any atom is 0.223 e. The fourth-order valence-corrected chi connectivity index (χ4v) is 6.14. The van der Waals surface area contributed by atoms with Crippen LogP contribution in [0.4, 0.5) is 0 Å². The van der Waals surface area contributed by atoms with Crippen LogP contribution in [0.5, 0.6) is 0 Å². The summed E-state index contributed by atoms with van der Waals surface area (Å²) in [5, 5.41) is 0. The number of benzene rings is 4. The third-order valence-electron chi connectivity index (χ3n) is 8.43. The van der Waals surface area contributed by atoms with Crippen LogP contribution in [0.15, 0.2) is 121 Å². The molecule has 0 aliphatic carbocycles. The van der Waals surface area contributed by atoms with E-state index >= 15 is 0 Å². The third-order valence-corrected chi connectivity index (χ3v) is 8.43. The molecule has 0 aliphatic rings. The van der Waals surface area contributed by atoms with E-state index in [1.807, 2.05) is 82.6 Å². The van der Waals surface area contributed by atoms with E-state index in [2.05, 4.69) is 62.4 Å². The van der Waals surface area contributed by atoms with E-state index in [1.165, 1.54) is 0 Å². The van der Waals surface area contributed by atoms with Crippen molar-refractivity contribution in [3.05, 3.63) is 144 Å². The van der Waals surface area contributed by atoms with Crippen LogP contribution in [-0.2, 0) is 35.8 Å². The van der Waals surface area contributed by atoms with Crippen molar-refractivity contribution in [3.63, 3.8) is 0 Å². The Balaban J connectivity index is 1.52. The lowest BCUT2D eigenvalue weighted by Crippen LogP contribution is -2.35. The summed E-state index contributed by atoms with van der Waals surface area (Å²) < 4.78 is 0. The summed E-state index contributed by atoms with van der Waals surface area (Å²) >= 11 is 0. The quantitative estimate of drug-likeness (QED) is 0.123. The molecule has 4 aromatic carbocycles. The van der Waals surface area contributed by atoms with Crippen LogP contribution >= 0.6 is 0 Å². The van der Waals surface area contributed by atoms with Gasteiger partial charge in [0.05, 0.1) is 0 Å². The zero-order chi connectivity index (χ0) is 31.0. The molecule has 0 radical (unpaired) electrons. The standard InChI is InChI=1S/C40H48N2O2/c1-3-17-37(27-39(43)41(29-33-19-9-5-10-20-33)30-34-21-11-6-12-22-34)38(18-4-2)28-40(44)42(31-35-23-13-7-14-24-35)32-36-25-15-8-16-26-36/h5-16,19-26,37-38H,3-4,17-18,27-32H2,1-2H3/t37-,38-/m0/s1. The molecule has 4 rings (SSSR count). The SMILES string of the molecule is CCC[C@@H](CC(=O)N(Cc1ccccc1)Cc1ccccc1)[C@@H](CCC)CC(=O)N(Cc1ccccc1)Cc1ccccc1. The summed E-state index contributed by atoms with van der Waals surface area (Å²) in [6.07, 6.45) is 4.77. The first-order chi connectivity index (χ1) is 21.6. The highest BCUT2D eigenvalue weighted by molar-refractivity contribution is 5.78. The number of amides is 2. The zero-order valence-electron chi connectivity index (χ0n) is 26.5. The van der Waals surface area contributed by atoms with Gasteiger partial charge in [0.2, 0.25) is 11.8 Å². The fraction of sp³-hybridized carbons (Fsp3) is 0.350. The number of hydrogen-bond acceptors (Lipinski definition) is 2. The number of carbonyl (C=O) groups excluding carboxylic acids is 2. The van der Waals surface area contributed by atoms with Crippen molar-refractivity contribution < 1.29 is 9.59 Å². The van der Waals surface area contributed by atoms with Crippen molar-refractivity contribution in [1.29, 1.82) is 0 Å². The summed E-state index contributed by atoms with van der Waals surface area (Å²) in [5.41, 5.74) is 4.51. The van der Waals surface area contributed by atoms with E-state index in [-0.39, 0.29) is 23.7 Å². The molecule has 4 heteroatoms. The molecule has 0 saturated heterocycles. The minimum absolute atomic E-state index is 0.153. The van der Waals surface area contributed by atoms with E-state index in [1.54, 1.807) is 0 Å². The molecule has 0 unspecified atom stereocenters. The molecule has 0 aliphatic heterocycles. The molecule has 44 heavy (non-hydrogen) atoms. The van der Waals surface area contributed by atoms with Gasteiger partial charge < -0.3 is 9.80 Å². The molecule has 4 aromatic rings. The smallest absolute Gasteiger partial charge is 0.223 e. The summed E-state index contributed by atoms with van der Waals surface area (Å²) in [6, 6.07) is 40.9. The molecule has 0 spiro atoms. The first-order valence-electron chi connectivity index (χ1n) is 16.3. The molecule has 0 N–H and O–H groups in total. The van der Waals surface area contributed by atoms with E-state index < -0.39 is 0 Å². The highest BCUT2D eigenvalue weighted by Gasteiger charge is 2.29. The van der Waals surface area contributed by atoms with Crippen LogP contribution in [0.2, 0.25) is 0 Å². The average molecular weight is 589 g/mol. The predicted octanol–water partition coefficient (Wildman–Crippen LogP) is 9.06. The molecule has 2 amide bonds. The van der Waals surface area contributed by atoms with Crippen molar-refractivity contribution in [3.8, 4) is 0 Å². The van der Waals surface area contributed by atoms with Gasteiger partial charge in [0.1, 0.15) is 0 Å². The van der Waals surface area contributed by atoms with Crippen molar-refractivity contribution >= 4 is 11.8 Å². The maximum absolute atomic E-state index is 14.1. The molecule has 0 saturated carbocycles. The molecular formula is C40H48N2O2. The van der Waals surface area contributed by atoms with Crippen LogP contribution in [-0.4, -0.2) is 21.6 Å². The van der Waals surface area contributed by atoms with Gasteiger partial charge in [-0.2, -0.15) is 0 Å². The number of carbonyl (C=O) groups is 2. The molecule has 0 bridgehead atoms. The lowest BCUT2D eigenvalue weighted by molar-refractivity contribution is -0.137. The van der Waals surface area contributed by atoms with E-state index in [0.29, 0.717) is 39.0 Å². The Morgan fingerprint density at radius 3 is 0.932 bits per heavy atom. The lowest BCUT2D eigenvalue weighted by atomic mass is 9.80. The summed E-state index contributed by atoms with van der Waals surface area (Å²) in [4.78, 5) is 32.1.